The van der Waals surface area contributed by atoms with Crippen molar-refractivity contribution in [1.29, 1.82) is 5.26 Å². The quantitative estimate of drug-likeness (QED) is 0.932. The highest BCUT2D eigenvalue weighted by molar-refractivity contribution is 7.99. The number of benzene rings is 1. The van der Waals surface area contributed by atoms with E-state index in [4.69, 9.17) is 16.9 Å². The van der Waals surface area contributed by atoms with Crippen molar-refractivity contribution in [2.75, 3.05) is 19.4 Å². The largest absolute Gasteiger partial charge is 0.331 e. The number of nitrogens with one attached hydrogen (secondary N) is 1. The number of hydrogen-bond acceptors (Lipinski definition) is 5. The third-order valence-corrected chi connectivity index (χ3v) is 3.71. The van der Waals surface area contributed by atoms with E-state index in [0.29, 0.717) is 10.7 Å². The second-order valence-electron chi connectivity index (χ2n) is 4.41. The Balaban J connectivity index is 2.14. The number of halogens is 1. The van der Waals surface area contributed by atoms with Crippen LogP contribution in [0.15, 0.2) is 40.4 Å². The van der Waals surface area contributed by atoms with E-state index < -0.39 is 0 Å². The molecule has 0 unspecified atom stereocenters. The Morgan fingerprint density at radius 3 is 2.64 bits per heavy atom. The number of nitriles is 1. The van der Waals surface area contributed by atoms with Crippen molar-refractivity contribution in [2.24, 2.45) is 0 Å². The van der Waals surface area contributed by atoms with E-state index in [2.05, 4.69) is 15.3 Å². The Labute approximate surface area is 137 Å². The van der Waals surface area contributed by atoms with Crippen LogP contribution in [-0.2, 0) is 0 Å². The molecule has 0 saturated heterocycles. The van der Waals surface area contributed by atoms with E-state index in [9.17, 15) is 4.79 Å². The van der Waals surface area contributed by atoms with Gasteiger partial charge < -0.3 is 10.2 Å². The molecule has 0 radical (unpaired) electrons. The number of rotatable bonds is 3. The van der Waals surface area contributed by atoms with Gasteiger partial charge in [-0.05, 0) is 24.3 Å². The third kappa shape index (κ3) is 4.10. The summed E-state index contributed by atoms with van der Waals surface area (Å²) in [5.74, 6) is 0. The van der Waals surface area contributed by atoms with Crippen LogP contribution in [0.2, 0.25) is 5.15 Å². The first-order valence-corrected chi connectivity index (χ1v) is 7.38. The number of aromatic nitrogens is 2. The first kappa shape index (κ1) is 16.1. The van der Waals surface area contributed by atoms with Gasteiger partial charge in [0.1, 0.15) is 16.2 Å². The second-order valence-corrected chi connectivity index (χ2v) is 5.86. The lowest BCUT2D eigenvalue weighted by Gasteiger charge is -2.12. The van der Waals surface area contributed by atoms with Crippen LogP contribution < -0.4 is 5.32 Å². The lowest BCUT2D eigenvalue weighted by molar-refractivity contribution is 0.230. The van der Waals surface area contributed by atoms with Gasteiger partial charge >= 0.3 is 6.03 Å². The molecule has 2 amide bonds. The summed E-state index contributed by atoms with van der Waals surface area (Å²) in [6.07, 6.45) is 1.34. The summed E-state index contributed by atoms with van der Waals surface area (Å²) < 4.78 is 0. The third-order valence-electron chi connectivity index (χ3n) is 2.54. The number of nitrogens with zero attached hydrogens (tertiary/aromatic N) is 4. The summed E-state index contributed by atoms with van der Waals surface area (Å²) in [6.45, 7) is 0. The molecule has 0 aliphatic heterocycles. The van der Waals surface area contributed by atoms with Gasteiger partial charge in [0.15, 0.2) is 5.69 Å². The van der Waals surface area contributed by atoms with Crippen molar-refractivity contribution in [3.05, 3.63) is 41.3 Å². The molecule has 0 fully saturated rings. The van der Waals surface area contributed by atoms with Crippen molar-refractivity contribution >= 4 is 35.1 Å². The van der Waals surface area contributed by atoms with Crippen molar-refractivity contribution < 1.29 is 4.79 Å². The van der Waals surface area contributed by atoms with Gasteiger partial charge in [-0.15, -0.1) is 0 Å². The average molecular weight is 334 g/mol. The molecule has 0 saturated carbocycles. The van der Waals surface area contributed by atoms with Gasteiger partial charge in [0.2, 0.25) is 0 Å². The van der Waals surface area contributed by atoms with Gasteiger partial charge in [-0.3, -0.25) is 0 Å². The first-order valence-electron chi connectivity index (χ1n) is 6.18. The van der Waals surface area contributed by atoms with Crippen LogP contribution in [0.25, 0.3) is 0 Å². The summed E-state index contributed by atoms with van der Waals surface area (Å²) in [7, 11) is 3.33. The smallest absolute Gasteiger partial charge is 0.321 e. The fourth-order valence-electron chi connectivity index (χ4n) is 1.45. The van der Waals surface area contributed by atoms with Crippen LogP contribution in [0.4, 0.5) is 10.5 Å². The molecular formula is C14H12ClN5OS. The van der Waals surface area contributed by atoms with Gasteiger partial charge in [-0.25, -0.2) is 14.8 Å². The van der Waals surface area contributed by atoms with Crippen LogP contribution >= 0.6 is 23.4 Å². The predicted molar refractivity (Wildman–Crippen MR) is 85.0 cm³/mol. The molecule has 2 rings (SSSR count). The predicted octanol–water partition coefficient (Wildman–Crippen LogP) is 3.25. The van der Waals surface area contributed by atoms with Crippen LogP contribution in [0, 0.1) is 11.3 Å². The molecule has 6 nitrogen and oxygen atoms in total. The van der Waals surface area contributed by atoms with E-state index in [0.717, 1.165) is 4.90 Å². The molecule has 22 heavy (non-hydrogen) atoms. The Bertz CT molecular complexity index is 727. The molecule has 0 atom stereocenters. The van der Waals surface area contributed by atoms with Gasteiger partial charge in [0, 0.05) is 24.7 Å². The maximum atomic E-state index is 11.5. The van der Waals surface area contributed by atoms with Crippen molar-refractivity contribution in [3.63, 3.8) is 0 Å². The molecule has 2 aromatic rings. The summed E-state index contributed by atoms with van der Waals surface area (Å²) >= 11 is 7.09. The SMILES string of the molecule is CN(C)C(=O)Nc1ccc(Sc2nc(Cl)cnc2C#N)cc1. The van der Waals surface area contributed by atoms with Crippen LogP contribution in [0.5, 0.6) is 0 Å². The lowest BCUT2D eigenvalue weighted by Crippen LogP contribution is -2.27. The minimum absolute atomic E-state index is 0.201. The number of anilines is 1. The van der Waals surface area contributed by atoms with Gasteiger partial charge in [-0.1, -0.05) is 23.4 Å². The van der Waals surface area contributed by atoms with E-state index in [1.54, 1.807) is 26.2 Å². The van der Waals surface area contributed by atoms with E-state index in [1.165, 1.54) is 22.9 Å². The molecule has 0 bridgehead atoms. The van der Waals surface area contributed by atoms with Crippen LogP contribution in [-0.4, -0.2) is 35.0 Å². The maximum Gasteiger partial charge on any atom is 0.321 e. The highest BCUT2D eigenvalue weighted by atomic mass is 35.5. The number of carbonyl (C=O) groups is 1. The van der Waals surface area contributed by atoms with Gasteiger partial charge in [0.05, 0.1) is 6.20 Å². The minimum Gasteiger partial charge on any atom is -0.331 e. The first-order chi connectivity index (χ1) is 10.5. The van der Waals surface area contributed by atoms with Gasteiger partial charge in [-0.2, -0.15) is 5.26 Å². The molecule has 8 heteroatoms. The molecule has 0 spiro atoms. The number of urea groups is 1. The van der Waals surface area contributed by atoms with Crippen molar-refractivity contribution in [2.45, 2.75) is 9.92 Å². The zero-order valence-corrected chi connectivity index (χ0v) is 13.4. The number of amides is 2. The maximum absolute atomic E-state index is 11.5. The molecule has 112 valence electrons. The Morgan fingerprint density at radius 2 is 2.05 bits per heavy atom. The molecule has 1 aromatic carbocycles. The number of hydrogen-bond donors (Lipinski definition) is 1. The molecule has 1 N–H and O–H groups in total. The molecule has 0 aliphatic rings. The highest BCUT2D eigenvalue weighted by Gasteiger charge is 2.09. The topological polar surface area (TPSA) is 81.9 Å². The van der Waals surface area contributed by atoms with Gasteiger partial charge in [0.25, 0.3) is 0 Å². The van der Waals surface area contributed by atoms with Crippen molar-refractivity contribution in [3.8, 4) is 6.07 Å². The summed E-state index contributed by atoms with van der Waals surface area (Å²) in [5, 5.41) is 12.4. The molecule has 1 aromatic heterocycles. The Hall–Kier alpha value is -2.30. The standard InChI is InChI=1S/C14H12ClN5OS/c1-20(2)14(21)18-9-3-5-10(6-4-9)22-13-11(7-16)17-8-12(15)19-13/h3-6,8H,1-2H3,(H,18,21). The van der Waals surface area contributed by atoms with Crippen molar-refractivity contribution in [1.82, 2.24) is 14.9 Å². The Morgan fingerprint density at radius 1 is 1.36 bits per heavy atom. The highest BCUT2D eigenvalue weighted by Crippen LogP contribution is 2.29. The van der Waals surface area contributed by atoms with Crippen LogP contribution in [0.1, 0.15) is 5.69 Å². The summed E-state index contributed by atoms with van der Waals surface area (Å²) in [4.78, 5) is 21.9. The molecule has 0 aliphatic carbocycles. The monoisotopic (exact) mass is 333 g/mol. The molecule has 1 heterocycles. The summed E-state index contributed by atoms with van der Waals surface area (Å²) in [6, 6.07) is 8.96. The number of carbonyl (C=O) groups excluding carboxylic acids is 1. The minimum atomic E-state index is -0.201. The zero-order valence-electron chi connectivity index (χ0n) is 11.9. The molecular weight excluding hydrogens is 322 g/mol. The van der Waals surface area contributed by atoms with Crippen LogP contribution in [0.3, 0.4) is 0 Å². The fraction of sp³-hybridized carbons (Fsp3) is 0.143. The Kier molecular flexibility index (Phi) is 5.20. The van der Waals surface area contributed by atoms with E-state index in [1.807, 2.05) is 18.2 Å². The fourth-order valence-corrected chi connectivity index (χ4v) is 2.47. The van der Waals surface area contributed by atoms with E-state index in [-0.39, 0.29) is 16.9 Å². The van der Waals surface area contributed by atoms with E-state index >= 15 is 0 Å². The summed E-state index contributed by atoms with van der Waals surface area (Å²) in [5.41, 5.74) is 0.903. The zero-order chi connectivity index (χ0) is 16.1. The normalized spacial score (nSPS) is 9.91. The second kappa shape index (κ2) is 7.11. The average Bonchev–Trinajstić information content (AvgIpc) is 2.49. The lowest BCUT2D eigenvalue weighted by atomic mass is 10.3.